The van der Waals surface area contributed by atoms with E-state index in [0.29, 0.717) is 33.7 Å². The maximum atomic E-state index is 14.8. The zero-order valence-corrected chi connectivity index (χ0v) is 55.1. The third-order valence-electron chi connectivity index (χ3n) is 15.3. The molecular weight excluding hydrogens is 1290 g/mol. The summed E-state index contributed by atoms with van der Waals surface area (Å²) >= 11 is 6.21. The van der Waals surface area contributed by atoms with Gasteiger partial charge < -0.3 is 91.0 Å². The van der Waals surface area contributed by atoms with Gasteiger partial charge in [-0.2, -0.15) is 0 Å². The van der Waals surface area contributed by atoms with Gasteiger partial charge in [-0.3, -0.25) is 62.7 Å². The molecule has 0 radical (unpaired) electrons. The number of likely N-dealkylation sites (tertiary alicyclic amines) is 1. The number of pyridine rings is 1. The zero-order chi connectivity index (χ0) is 72.0. The van der Waals surface area contributed by atoms with E-state index in [2.05, 4.69) is 57.8 Å². The van der Waals surface area contributed by atoms with Gasteiger partial charge in [0.15, 0.2) is 5.96 Å². The van der Waals surface area contributed by atoms with Crippen molar-refractivity contribution in [2.45, 2.75) is 139 Å². The number of primary amides is 2. The number of aromatic hydroxyl groups is 1. The highest BCUT2D eigenvalue weighted by molar-refractivity contribution is 6.30. The van der Waals surface area contributed by atoms with E-state index in [1.807, 2.05) is 42.5 Å². The minimum atomic E-state index is -1.84. The van der Waals surface area contributed by atoms with E-state index in [1.54, 1.807) is 36.4 Å². The first-order valence-corrected chi connectivity index (χ1v) is 31.8. The number of phenols is 1. The SMILES string of the molecule is CC(=O)N[C@H](Cc1ccc2ccccc2c1)C(=O)N[C@H](Cc1ccc(Cl)cc1)C(=O)N[C@H](Cc1cccnc1)C(=O)N[C@@H](CO)C(=O)N[C@@H](Cc1ccc(O)cc1)C(=O)N[C@H](CCCNC(N)=O)C(=O)N[C@@H](CCCN=C(N)N)C(=O)N1CCC[C@H]1C(=O)N[C@H](C)C(N)=O.CC(=O)O. The number of aromatic nitrogens is 1. The Hall–Kier alpha value is -10.9. The highest BCUT2D eigenvalue weighted by Gasteiger charge is 2.40. The van der Waals surface area contributed by atoms with E-state index < -0.39 is 132 Å². The van der Waals surface area contributed by atoms with Crippen molar-refractivity contribution < 1.29 is 72.9 Å². The smallest absolute Gasteiger partial charge is 0.312 e. The predicted molar refractivity (Wildman–Crippen MR) is 360 cm³/mol. The molecule has 6 rings (SSSR count). The van der Waals surface area contributed by atoms with E-state index in [1.165, 1.54) is 55.4 Å². The van der Waals surface area contributed by atoms with Gasteiger partial charge in [0.25, 0.3) is 5.97 Å². The molecule has 32 heteroatoms. The number of carbonyl (C=O) groups is 12. The van der Waals surface area contributed by atoms with Gasteiger partial charge in [-0.05, 0) is 109 Å². The highest BCUT2D eigenvalue weighted by Crippen LogP contribution is 2.22. The van der Waals surface area contributed by atoms with Crippen molar-refractivity contribution in [1.29, 1.82) is 0 Å². The number of benzene rings is 4. The standard InChI is InChI=1S/C64H81ClN16O13.C2H4O2/c1-36(54(66)85)73-61(92)53-14-8-28-81(53)62(93)47(13-7-26-71-63(67)68)76-55(86)46(12-6-27-72-64(69)94)75-57(88)49(31-39-18-23-45(84)24-19-39)79-60(91)52(35-82)80-59(90)51(33-41-9-5-25-70-34-41)78-58(89)50(30-38-16-21-44(65)22-17-38)77-56(87)48(74-37(2)83)32-40-15-20-42-10-3-4-11-43(42)29-40;1-2(3)4/h3-5,9-11,15-25,29,34,36,46-53,82,84H,6-8,12-14,26-28,30-33,35H2,1-2H3,(H2,66,85)(H,73,92)(H,74,83)(H,75,88)(H,76,86)(H,77,87)(H,78,89)(H,79,91)(H,80,90)(H4,67,68,71)(H3,69,72,94);1H3,(H,3,4)/t36-,46-,47+,48-,49+,50-,51-,52+,53+;/m1./s1. The minimum Gasteiger partial charge on any atom is -0.508 e. The molecule has 12 amide bonds. The summed E-state index contributed by atoms with van der Waals surface area (Å²) < 4.78 is 0. The Morgan fingerprint density at radius 3 is 1.62 bits per heavy atom. The van der Waals surface area contributed by atoms with Gasteiger partial charge >= 0.3 is 6.03 Å². The Morgan fingerprint density at radius 2 is 1.08 bits per heavy atom. The molecule has 526 valence electrons. The van der Waals surface area contributed by atoms with Crippen LogP contribution in [0.5, 0.6) is 5.75 Å². The lowest BCUT2D eigenvalue weighted by atomic mass is 9.99. The Kier molecular flexibility index (Phi) is 31.1. The topological polar surface area (TPSA) is 506 Å². The van der Waals surface area contributed by atoms with Crippen molar-refractivity contribution in [2.24, 2.45) is 27.9 Å². The first-order chi connectivity index (χ1) is 46.6. The number of rotatable bonds is 34. The molecule has 0 aliphatic carbocycles. The third kappa shape index (κ3) is 26.3. The first kappa shape index (κ1) is 77.8. The van der Waals surface area contributed by atoms with Gasteiger partial charge in [0, 0.05) is 76.6 Å². The molecule has 1 saturated heterocycles. The molecule has 4 aromatic carbocycles. The van der Waals surface area contributed by atoms with Crippen LogP contribution in [0.4, 0.5) is 4.79 Å². The number of nitrogens with one attached hydrogen (secondary N) is 9. The molecule has 0 bridgehead atoms. The predicted octanol–water partition coefficient (Wildman–Crippen LogP) is -1.16. The monoisotopic (exact) mass is 1380 g/mol. The number of carbonyl (C=O) groups excluding carboxylic acids is 11. The number of carboxylic acid groups (broad SMARTS) is 1. The molecule has 0 unspecified atom stereocenters. The van der Waals surface area contributed by atoms with E-state index in [-0.39, 0.29) is 89.1 Å². The number of phenolic OH excluding ortho intramolecular Hbond substituents is 1. The average Bonchev–Trinajstić information content (AvgIpc) is 1.48. The number of aliphatic carboxylic acids is 1. The van der Waals surface area contributed by atoms with Gasteiger partial charge in [0.1, 0.15) is 60.1 Å². The second-order valence-corrected chi connectivity index (χ2v) is 23.6. The molecule has 20 N–H and O–H groups in total. The number of fused-ring (bicyclic) bond motifs is 1. The number of carboxylic acids is 1. The van der Waals surface area contributed by atoms with Crippen molar-refractivity contribution >= 4 is 99.4 Å². The number of halogens is 1. The lowest BCUT2D eigenvalue weighted by Gasteiger charge is -2.30. The van der Waals surface area contributed by atoms with Crippen LogP contribution in [-0.4, -0.2) is 183 Å². The number of nitrogens with zero attached hydrogens (tertiary/aromatic N) is 3. The lowest BCUT2D eigenvalue weighted by Crippen LogP contribution is -2.61. The van der Waals surface area contributed by atoms with Crippen molar-refractivity contribution in [3.63, 3.8) is 0 Å². The van der Waals surface area contributed by atoms with E-state index in [0.717, 1.165) is 17.7 Å². The van der Waals surface area contributed by atoms with E-state index in [4.69, 9.17) is 44.4 Å². The van der Waals surface area contributed by atoms with Crippen molar-refractivity contribution in [3.8, 4) is 5.75 Å². The van der Waals surface area contributed by atoms with Crippen LogP contribution in [0, 0.1) is 0 Å². The van der Waals surface area contributed by atoms with Crippen LogP contribution in [-0.2, 0) is 78.4 Å². The van der Waals surface area contributed by atoms with E-state index >= 15 is 0 Å². The quantitative estimate of drug-likeness (QED) is 0.0131. The Morgan fingerprint density at radius 1 is 0.592 bits per heavy atom. The number of guanidine groups is 1. The summed E-state index contributed by atoms with van der Waals surface area (Å²) in [5.41, 5.74) is 23.8. The minimum absolute atomic E-state index is 0.0130. The average molecular weight is 1380 g/mol. The van der Waals surface area contributed by atoms with Gasteiger partial charge in [0.05, 0.1) is 6.61 Å². The molecule has 0 saturated carbocycles. The number of urea groups is 1. The molecule has 1 aromatic heterocycles. The first-order valence-electron chi connectivity index (χ1n) is 31.4. The van der Waals surface area contributed by atoms with Gasteiger partial charge in [-0.25, -0.2) is 4.79 Å². The number of hydrogen-bond acceptors (Lipinski definition) is 16. The third-order valence-corrected chi connectivity index (χ3v) is 15.6. The van der Waals surface area contributed by atoms with Crippen LogP contribution in [0.3, 0.4) is 0 Å². The summed E-state index contributed by atoms with van der Waals surface area (Å²) in [6.07, 6.45) is 2.68. The van der Waals surface area contributed by atoms with Crippen LogP contribution >= 0.6 is 11.6 Å². The molecule has 31 nitrogen and oxygen atoms in total. The van der Waals surface area contributed by atoms with Crippen LogP contribution in [0.25, 0.3) is 10.8 Å². The maximum Gasteiger partial charge on any atom is 0.312 e. The molecule has 1 fully saturated rings. The zero-order valence-electron chi connectivity index (χ0n) is 54.3. The number of aliphatic hydroxyl groups excluding tert-OH is 1. The number of hydrogen-bond donors (Lipinski definition) is 16. The Balaban J connectivity index is 0.00000421. The second-order valence-electron chi connectivity index (χ2n) is 23.2. The molecular formula is C66H85ClN16O15. The van der Waals surface area contributed by atoms with Gasteiger partial charge in [0.2, 0.25) is 59.1 Å². The lowest BCUT2D eigenvalue weighted by molar-refractivity contribution is -0.142. The van der Waals surface area contributed by atoms with E-state index in [9.17, 15) is 63.0 Å². The largest absolute Gasteiger partial charge is 0.508 e. The normalized spacial score (nSPS) is 14.8. The molecule has 5 aromatic rings. The second kappa shape index (κ2) is 39.2. The number of nitrogens with two attached hydrogens (primary N) is 4. The van der Waals surface area contributed by atoms with Crippen LogP contribution < -0.4 is 70.8 Å². The van der Waals surface area contributed by atoms with Gasteiger partial charge in [-0.15, -0.1) is 0 Å². The fourth-order valence-corrected chi connectivity index (χ4v) is 10.5. The maximum absolute atomic E-state index is 14.8. The number of amides is 12. The van der Waals surface area contributed by atoms with Crippen molar-refractivity contribution in [1.82, 2.24) is 57.7 Å². The van der Waals surface area contributed by atoms with Crippen molar-refractivity contribution in [2.75, 3.05) is 26.2 Å². The molecule has 2 heterocycles. The van der Waals surface area contributed by atoms with Crippen LogP contribution in [0.2, 0.25) is 5.02 Å². The van der Waals surface area contributed by atoms with Gasteiger partial charge in [-0.1, -0.05) is 84.4 Å². The van der Waals surface area contributed by atoms with Crippen molar-refractivity contribution in [3.05, 3.63) is 143 Å². The van der Waals surface area contributed by atoms with Crippen LogP contribution in [0.15, 0.2) is 121 Å². The fraction of sp³-hybridized carbons (Fsp3) is 0.394. The summed E-state index contributed by atoms with van der Waals surface area (Å²) in [5, 5.41) is 54.0. The molecule has 9 atom stereocenters. The number of aliphatic imine (C=N–C) groups is 1. The molecule has 1 aliphatic heterocycles. The fourth-order valence-electron chi connectivity index (χ4n) is 10.4. The summed E-state index contributed by atoms with van der Waals surface area (Å²) in [6.45, 7) is 2.67. The Labute approximate surface area is 569 Å². The molecule has 0 spiro atoms. The summed E-state index contributed by atoms with van der Waals surface area (Å²) in [4.78, 5) is 170. The summed E-state index contributed by atoms with van der Waals surface area (Å²) in [5.74, 6) is -9.56. The van der Waals surface area contributed by atoms with Crippen LogP contribution in [0.1, 0.15) is 81.5 Å². The Bertz CT molecular complexity index is 3620. The molecule has 1 aliphatic rings. The highest BCUT2D eigenvalue weighted by atomic mass is 35.5. The summed E-state index contributed by atoms with van der Waals surface area (Å²) in [6, 6.07) is 14.9. The number of aliphatic hydroxyl groups is 1. The molecule has 98 heavy (non-hydrogen) atoms. The summed E-state index contributed by atoms with van der Waals surface area (Å²) in [7, 11) is 0.